The van der Waals surface area contributed by atoms with Crippen LogP contribution in [0.1, 0.15) is 6.92 Å². The van der Waals surface area contributed by atoms with Crippen molar-refractivity contribution in [3.05, 3.63) is 24.3 Å². The summed E-state index contributed by atoms with van der Waals surface area (Å²) in [7, 11) is 0. The van der Waals surface area contributed by atoms with Crippen LogP contribution in [0.2, 0.25) is 0 Å². The molecule has 0 saturated carbocycles. The second kappa shape index (κ2) is 3.60. The Balaban J connectivity index is 2.29. The van der Waals surface area contributed by atoms with Crippen LogP contribution in [0.3, 0.4) is 0 Å². The lowest BCUT2D eigenvalue weighted by Crippen LogP contribution is -2.30. The summed E-state index contributed by atoms with van der Waals surface area (Å²) < 4.78 is 0. The van der Waals surface area contributed by atoms with E-state index in [0.29, 0.717) is 0 Å². The van der Waals surface area contributed by atoms with Gasteiger partial charge in [-0.05, 0) is 19.1 Å². The third kappa shape index (κ3) is 1.81. The molecule has 0 spiro atoms. The highest BCUT2D eigenvalue weighted by Crippen LogP contribution is 2.31. The van der Waals surface area contributed by atoms with E-state index < -0.39 is 0 Å². The molecule has 1 heterocycles. The Bertz CT molecular complexity index is 303. The number of nitrogens with one attached hydrogen (secondary N) is 1. The first-order chi connectivity index (χ1) is 6.27. The summed E-state index contributed by atoms with van der Waals surface area (Å²) in [6.07, 6.45) is -0.266. The second-order valence-electron chi connectivity index (χ2n) is 3.31. The Morgan fingerprint density at radius 3 is 3.08 bits per heavy atom. The zero-order valence-electron chi connectivity index (χ0n) is 7.53. The minimum Gasteiger partial charge on any atom is -0.390 e. The van der Waals surface area contributed by atoms with Crippen LogP contribution in [-0.2, 0) is 0 Å². The maximum Gasteiger partial charge on any atom is 0.0832 e. The van der Waals surface area contributed by atoms with Gasteiger partial charge in [0.15, 0.2) is 0 Å². The molecule has 1 aromatic rings. The van der Waals surface area contributed by atoms with Crippen molar-refractivity contribution in [2.24, 2.45) is 0 Å². The van der Waals surface area contributed by atoms with Crippen LogP contribution in [0, 0.1) is 0 Å². The maximum absolute atomic E-state index is 9.65. The number of para-hydroxylation sites is 1. The van der Waals surface area contributed by atoms with Gasteiger partial charge in [0.2, 0.25) is 0 Å². The molecule has 1 aromatic carbocycles. The fourth-order valence-electron chi connectivity index (χ4n) is 1.37. The molecule has 0 unspecified atom stereocenters. The first kappa shape index (κ1) is 8.91. The largest absolute Gasteiger partial charge is 0.390 e. The molecule has 0 amide bonds. The van der Waals surface area contributed by atoms with E-state index in [2.05, 4.69) is 17.4 Å². The van der Waals surface area contributed by atoms with Crippen LogP contribution in [0.25, 0.3) is 0 Å². The van der Waals surface area contributed by atoms with Crippen LogP contribution in [0.15, 0.2) is 29.2 Å². The van der Waals surface area contributed by atoms with E-state index >= 15 is 0 Å². The van der Waals surface area contributed by atoms with Gasteiger partial charge in [0.05, 0.1) is 12.1 Å². The molecule has 2 atom stereocenters. The van der Waals surface area contributed by atoms with Crippen molar-refractivity contribution >= 4 is 17.4 Å². The molecule has 3 heteroatoms. The summed E-state index contributed by atoms with van der Waals surface area (Å²) in [5, 5.41) is 12.9. The van der Waals surface area contributed by atoms with Crippen LogP contribution in [0.4, 0.5) is 5.69 Å². The summed E-state index contributed by atoms with van der Waals surface area (Å²) in [4.78, 5) is 1.23. The molecule has 0 fully saturated rings. The predicted octanol–water partition coefficient (Wildman–Crippen LogP) is 1.95. The lowest BCUT2D eigenvalue weighted by molar-refractivity contribution is 0.183. The Labute approximate surface area is 82.4 Å². The molecule has 0 saturated heterocycles. The molecule has 2 nitrogen and oxygen atoms in total. The van der Waals surface area contributed by atoms with Crippen molar-refractivity contribution in [3.63, 3.8) is 0 Å². The number of rotatable bonds is 0. The van der Waals surface area contributed by atoms with E-state index in [1.165, 1.54) is 4.90 Å². The molecule has 1 aliphatic rings. The van der Waals surface area contributed by atoms with E-state index in [-0.39, 0.29) is 12.1 Å². The first-order valence-corrected chi connectivity index (χ1v) is 5.42. The molecular weight excluding hydrogens is 182 g/mol. The summed E-state index contributed by atoms with van der Waals surface area (Å²) in [5.41, 5.74) is 1.14. The third-order valence-electron chi connectivity index (χ3n) is 2.26. The van der Waals surface area contributed by atoms with E-state index in [1.54, 1.807) is 11.8 Å². The fourth-order valence-corrected chi connectivity index (χ4v) is 2.47. The highest BCUT2D eigenvalue weighted by atomic mass is 32.2. The lowest BCUT2D eigenvalue weighted by Gasteiger charge is -2.16. The average molecular weight is 195 g/mol. The number of aliphatic hydroxyl groups excluding tert-OH is 1. The molecule has 2 rings (SSSR count). The van der Waals surface area contributed by atoms with E-state index in [0.717, 1.165) is 11.4 Å². The van der Waals surface area contributed by atoms with Gasteiger partial charge < -0.3 is 10.4 Å². The standard InChI is InChI=1S/C10H13NOS/c1-7-9(12)6-13-10-5-3-2-4-8(10)11-7/h2-5,7,9,11-12H,6H2,1H3/t7-,9-/m0/s1. The first-order valence-electron chi connectivity index (χ1n) is 4.44. The van der Waals surface area contributed by atoms with Gasteiger partial charge in [0.25, 0.3) is 0 Å². The minimum absolute atomic E-state index is 0.135. The van der Waals surface area contributed by atoms with E-state index in [9.17, 15) is 5.11 Å². The van der Waals surface area contributed by atoms with Crippen molar-refractivity contribution < 1.29 is 5.11 Å². The van der Waals surface area contributed by atoms with E-state index in [4.69, 9.17) is 0 Å². The SMILES string of the molecule is C[C@@H]1Nc2ccccc2SC[C@@H]1O. The average Bonchev–Trinajstić information content (AvgIpc) is 2.28. The highest BCUT2D eigenvalue weighted by molar-refractivity contribution is 7.99. The third-order valence-corrected chi connectivity index (χ3v) is 3.43. The molecule has 0 radical (unpaired) electrons. The van der Waals surface area contributed by atoms with Crippen molar-refractivity contribution in [2.75, 3.05) is 11.1 Å². The van der Waals surface area contributed by atoms with Gasteiger partial charge in [0.1, 0.15) is 0 Å². The molecule has 1 aliphatic heterocycles. The minimum atomic E-state index is -0.266. The molecular formula is C10H13NOS. The van der Waals surface area contributed by atoms with Gasteiger partial charge in [-0.25, -0.2) is 0 Å². The predicted molar refractivity (Wildman–Crippen MR) is 56.3 cm³/mol. The fraction of sp³-hybridized carbons (Fsp3) is 0.400. The van der Waals surface area contributed by atoms with Gasteiger partial charge in [-0.2, -0.15) is 0 Å². The quantitative estimate of drug-likeness (QED) is 0.663. The van der Waals surface area contributed by atoms with Gasteiger partial charge in [-0.3, -0.25) is 0 Å². The van der Waals surface area contributed by atoms with Crippen LogP contribution in [-0.4, -0.2) is 23.0 Å². The molecule has 13 heavy (non-hydrogen) atoms. The number of hydrogen-bond donors (Lipinski definition) is 2. The zero-order chi connectivity index (χ0) is 9.26. The van der Waals surface area contributed by atoms with Crippen molar-refractivity contribution in [2.45, 2.75) is 24.0 Å². The molecule has 2 N–H and O–H groups in total. The normalized spacial score (nSPS) is 27.2. The highest BCUT2D eigenvalue weighted by Gasteiger charge is 2.19. The topological polar surface area (TPSA) is 32.3 Å². The molecule has 0 bridgehead atoms. The number of thioether (sulfide) groups is 1. The zero-order valence-corrected chi connectivity index (χ0v) is 8.34. The summed E-state index contributed by atoms with van der Waals surface area (Å²) in [6, 6.07) is 8.30. The number of anilines is 1. The van der Waals surface area contributed by atoms with Crippen LogP contribution >= 0.6 is 11.8 Å². The summed E-state index contributed by atoms with van der Waals surface area (Å²) >= 11 is 1.71. The summed E-state index contributed by atoms with van der Waals surface area (Å²) in [6.45, 7) is 2.01. The van der Waals surface area contributed by atoms with Gasteiger partial charge >= 0.3 is 0 Å². The number of benzene rings is 1. The van der Waals surface area contributed by atoms with Gasteiger partial charge in [0, 0.05) is 16.3 Å². The maximum atomic E-state index is 9.65. The van der Waals surface area contributed by atoms with Crippen LogP contribution < -0.4 is 5.32 Å². The molecule has 70 valence electrons. The summed E-state index contributed by atoms with van der Waals surface area (Å²) in [5.74, 6) is 0.769. The lowest BCUT2D eigenvalue weighted by atomic mass is 10.2. The van der Waals surface area contributed by atoms with E-state index in [1.807, 2.05) is 19.1 Å². The van der Waals surface area contributed by atoms with Crippen molar-refractivity contribution in [1.29, 1.82) is 0 Å². The van der Waals surface area contributed by atoms with Crippen molar-refractivity contribution in [3.8, 4) is 0 Å². The Hall–Kier alpha value is -0.670. The molecule has 0 aliphatic carbocycles. The number of hydrogen-bond acceptors (Lipinski definition) is 3. The number of aliphatic hydroxyl groups is 1. The van der Waals surface area contributed by atoms with Gasteiger partial charge in [-0.1, -0.05) is 12.1 Å². The number of fused-ring (bicyclic) bond motifs is 1. The smallest absolute Gasteiger partial charge is 0.0832 e. The Morgan fingerprint density at radius 1 is 1.46 bits per heavy atom. The Morgan fingerprint density at radius 2 is 2.23 bits per heavy atom. The van der Waals surface area contributed by atoms with Crippen molar-refractivity contribution in [1.82, 2.24) is 0 Å². The van der Waals surface area contributed by atoms with Crippen LogP contribution in [0.5, 0.6) is 0 Å². The molecule has 0 aromatic heterocycles. The monoisotopic (exact) mass is 195 g/mol. The Kier molecular flexibility index (Phi) is 2.47. The van der Waals surface area contributed by atoms with Gasteiger partial charge in [-0.15, -0.1) is 11.8 Å². The second-order valence-corrected chi connectivity index (χ2v) is 4.37.